The first-order valence-corrected chi connectivity index (χ1v) is 7.04. The van der Waals surface area contributed by atoms with E-state index in [4.69, 9.17) is 9.47 Å². The summed E-state index contributed by atoms with van der Waals surface area (Å²) in [6.45, 7) is 1.94. The minimum atomic E-state index is -0.314. The SMILES string of the molecule is COc1ccc(C=C(C#N)C(=O)c2ccc(C)cc2)c(OC)c1. The number of nitrogens with zero attached hydrogens (tertiary/aromatic N) is 1. The molecule has 0 N–H and O–H groups in total. The molecule has 0 fully saturated rings. The highest BCUT2D eigenvalue weighted by atomic mass is 16.5. The highest BCUT2D eigenvalue weighted by Crippen LogP contribution is 2.27. The van der Waals surface area contributed by atoms with Crippen LogP contribution in [0.4, 0.5) is 0 Å². The number of carbonyl (C=O) groups is 1. The number of hydrogen-bond acceptors (Lipinski definition) is 4. The topological polar surface area (TPSA) is 59.3 Å². The molecule has 4 heteroatoms. The van der Waals surface area contributed by atoms with Gasteiger partial charge < -0.3 is 9.47 Å². The second-order valence-corrected chi connectivity index (χ2v) is 4.97. The van der Waals surface area contributed by atoms with Gasteiger partial charge in [-0.2, -0.15) is 5.26 Å². The molecule has 0 aliphatic carbocycles. The summed E-state index contributed by atoms with van der Waals surface area (Å²) in [6.07, 6.45) is 1.53. The molecular weight excluding hydrogens is 290 g/mol. The molecule has 0 spiro atoms. The van der Waals surface area contributed by atoms with Crippen molar-refractivity contribution in [3.8, 4) is 17.6 Å². The fraction of sp³-hybridized carbons (Fsp3) is 0.158. The van der Waals surface area contributed by atoms with Crippen molar-refractivity contribution in [1.82, 2.24) is 0 Å². The van der Waals surface area contributed by atoms with Gasteiger partial charge in [0.25, 0.3) is 0 Å². The second-order valence-electron chi connectivity index (χ2n) is 4.97. The summed E-state index contributed by atoms with van der Waals surface area (Å²) >= 11 is 0. The maximum Gasteiger partial charge on any atom is 0.203 e. The standard InChI is InChI=1S/C19H17NO3/c1-13-4-6-14(7-5-13)19(21)16(12-20)10-15-8-9-17(22-2)11-18(15)23-3/h4-11H,1-3H3. The quantitative estimate of drug-likeness (QED) is 0.479. The van der Waals surface area contributed by atoms with Crippen molar-refractivity contribution < 1.29 is 14.3 Å². The van der Waals surface area contributed by atoms with Crippen molar-refractivity contribution in [2.75, 3.05) is 14.2 Å². The third-order valence-electron chi connectivity index (χ3n) is 3.42. The van der Waals surface area contributed by atoms with E-state index < -0.39 is 0 Å². The monoisotopic (exact) mass is 307 g/mol. The van der Waals surface area contributed by atoms with Crippen molar-refractivity contribution in [3.63, 3.8) is 0 Å². The average molecular weight is 307 g/mol. The molecular formula is C19H17NO3. The lowest BCUT2D eigenvalue weighted by molar-refractivity contribution is 0.104. The van der Waals surface area contributed by atoms with Crippen LogP contribution in [0.25, 0.3) is 6.08 Å². The van der Waals surface area contributed by atoms with Crippen LogP contribution in [0.1, 0.15) is 21.5 Å². The van der Waals surface area contributed by atoms with Crippen molar-refractivity contribution in [3.05, 3.63) is 64.7 Å². The molecule has 0 aliphatic heterocycles. The lowest BCUT2D eigenvalue weighted by atomic mass is 10.0. The number of rotatable bonds is 5. The molecule has 23 heavy (non-hydrogen) atoms. The van der Waals surface area contributed by atoms with Gasteiger partial charge >= 0.3 is 0 Å². The molecule has 0 saturated heterocycles. The van der Waals surface area contributed by atoms with Crippen LogP contribution >= 0.6 is 0 Å². The fourth-order valence-corrected chi connectivity index (χ4v) is 2.10. The van der Waals surface area contributed by atoms with Gasteiger partial charge in [0.05, 0.1) is 14.2 Å². The van der Waals surface area contributed by atoms with E-state index in [1.165, 1.54) is 13.2 Å². The van der Waals surface area contributed by atoms with E-state index in [1.54, 1.807) is 37.4 Å². The van der Waals surface area contributed by atoms with Gasteiger partial charge in [-0.1, -0.05) is 29.8 Å². The Hall–Kier alpha value is -3.06. The number of nitriles is 1. The smallest absolute Gasteiger partial charge is 0.203 e. The van der Waals surface area contributed by atoms with Gasteiger partial charge in [0.15, 0.2) is 0 Å². The molecule has 0 atom stereocenters. The fourth-order valence-electron chi connectivity index (χ4n) is 2.10. The summed E-state index contributed by atoms with van der Waals surface area (Å²) in [5.74, 6) is 0.863. The molecule has 0 heterocycles. The molecule has 0 aromatic heterocycles. The summed E-state index contributed by atoms with van der Waals surface area (Å²) in [5, 5.41) is 9.33. The molecule has 0 unspecified atom stereocenters. The van der Waals surface area contributed by atoms with Crippen molar-refractivity contribution in [2.24, 2.45) is 0 Å². The molecule has 0 radical (unpaired) electrons. The van der Waals surface area contributed by atoms with Crippen LogP contribution in [-0.4, -0.2) is 20.0 Å². The number of ketones is 1. The Kier molecular flexibility index (Phi) is 5.16. The summed E-state index contributed by atoms with van der Waals surface area (Å²) in [7, 11) is 3.09. The zero-order valence-corrected chi connectivity index (χ0v) is 13.3. The van der Waals surface area contributed by atoms with E-state index >= 15 is 0 Å². The first-order chi connectivity index (χ1) is 11.1. The summed E-state index contributed by atoms with van der Waals surface area (Å²) in [5.41, 5.74) is 2.24. The predicted octanol–water partition coefficient (Wildman–Crippen LogP) is 3.80. The van der Waals surface area contributed by atoms with Gasteiger partial charge in [-0.05, 0) is 25.1 Å². The van der Waals surface area contributed by atoms with E-state index in [0.29, 0.717) is 22.6 Å². The number of Topliss-reactive ketones (excluding diaryl/α,β-unsaturated/α-hetero) is 1. The average Bonchev–Trinajstić information content (AvgIpc) is 2.59. The molecule has 0 amide bonds. The molecule has 116 valence electrons. The molecule has 2 rings (SSSR count). The number of methoxy groups -OCH3 is 2. The van der Waals surface area contributed by atoms with Gasteiger partial charge in [-0.15, -0.1) is 0 Å². The Balaban J connectivity index is 2.41. The van der Waals surface area contributed by atoms with Crippen molar-refractivity contribution >= 4 is 11.9 Å². The summed E-state index contributed by atoms with van der Waals surface area (Å²) in [6, 6.07) is 14.3. The number of carbonyl (C=O) groups excluding carboxylic acids is 1. The number of benzene rings is 2. The van der Waals surface area contributed by atoms with Crippen LogP contribution in [0, 0.1) is 18.3 Å². The van der Waals surface area contributed by atoms with Crippen LogP contribution in [0.5, 0.6) is 11.5 Å². The van der Waals surface area contributed by atoms with Gasteiger partial charge in [0, 0.05) is 17.2 Å². The molecule has 2 aromatic carbocycles. The molecule has 4 nitrogen and oxygen atoms in total. The van der Waals surface area contributed by atoms with Gasteiger partial charge in [0.2, 0.25) is 5.78 Å². The second kappa shape index (κ2) is 7.28. The van der Waals surface area contributed by atoms with Crippen LogP contribution in [-0.2, 0) is 0 Å². The van der Waals surface area contributed by atoms with Crippen LogP contribution in [0.2, 0.25) is 0 Å². The third kappa shape index (κ3) is 3.78. The predicted molar refractivity (Wildman–Crippen MR) is 88.6 cm³/mol. The largest absolute Gasteiger partial charge is 0.497 e. The zero-order valence-electron chi connectivity index (χ0n) is 13.3. The Morgan fingerprint density at radius 3 is 2.35 bits per heavy atom. The lowest BCUT2D eigenvalue weighted by Gasteiger charge is -2.08. The highest BCUT2D eigenvalue weighted by molar-refractivity contribution is 6.14. The number of aryl methyl sites for hydroxylation is 1. The van der Waals surface area contributed by atoms with Gasteiger partial charge in [-0.25, -0.2) is 0 Å². The first-order valence-electron chi connectivity index (χ1n) is 7.04. The Labute approximate surface area is 135 Å². The first kappa shape index (κ1) is 16.3. The van der Waals surface area contributed by atoms with E-state index in [2.05, 4.69) is 0 Å². The van der Waals surface area contributed by atoms with Crippen LogP contribution in [0.3, 0.4) is 0 Å². The lowest BCUT2D eigenvalue weighted by Crippen LogP contribution is -2.02. The van der Waals surface area contributed by atoms with Crippen molar-refractivity contribution in [1.29, 1.82) is 5.26 Å². The van der Waals surface area contributed by atoms with E-state index in [0.717, 1.165) is 5.56 Å². The minimum Gasteiger partial charge on any atom is -0.497 e. The number of allylic oxidation sites excluding steroid dienone is 1. The van der Waals surface area contributed by atoms with Gasteiger partial charge in [-0.3, -0.25) is 4.79 Å². The maximum absolute atomic E-state index is 12.5. The van der Waals surface area contributed by atoms with E-state index in [9.17, 15) is 10.1 Å². The third-order valence-corrected chi connectivity index (χ3v) is 3.42. The van der Waals surface area contributed by atoms with E-state index in [1.807, 2.05) is 25.1 Å². The zero-order chi connectivity index (χ0) is 16.8. The van der Waals surface area contributed by atoms with Gasteiger partial charge in [0.1, 0.15) is 23.1 Å². The molecule has 0 bridgehead atoms. The Morgan fingerprint density at radius 2 is 1.78 bits per heavy atom. The summed E-state index contributed by atoms with van der Waals surface area (Å²) in [4.78, 5) is 12.5. The Morgan fingerprint density at radius 1 is 1.09 bits per heavy atom. The Bertz CT molecular complexity index is 783. The number of ether oxygens (including phenoxy) is 2. The van der Waals surface area contributed by atoms with Crippen molar-refractivity contribution in [2.45, 2.75) is 6.92 Å². The number of hydrogen-bond donors (Lipinski definition) is 0. The minimum absolute atomic E-state index is 0.0531. The maximum atomic E-state index is 12.5. The van der Waals surface area contributed by atoms with Crippen LogP contribution < -0.4 is 9.47 Å². The normalized spacial score (nSPS) is 10.8. The van der Waals surface area contributed by atoms with E-state index in [-0.39, 0.29) is 11.4 Å². The molecule has 2 aromatic rings. The highest BCUT2D eigenvalue weighted by Gasteiger charge is 2.13. The van der Waals surface area contributed by atoms with Crippen LogP contribution in [0.15, 0.2) is 48.0 Å². The summed E-state index contributed by atoms with van der Waals surface area (Å²) < 4.78 is 10.4. The molecule has 0 aliphatic rings. The molecule has 0 saturated carbocycles.